The highest BCUT2D eigenvalue weighted by atomic mass is 16.1. The summed E-state index contributed by atoms with van der Waals surface area (Å²) in [7, 11) is 0. The van der Waals surface area contributed by atoms with Gasteiger partial charge in [0.25, 0.3) is 0 Å². The second-order valence-corrected chi connectivity index (χ2v) is 4.62. The van der Waals surface area contributed by atoms with Gasteiger partial charge in [0.15, 0.2) is 0 Å². The third-order valence-electron chi connectivity index (χ3n) is 3.01. The molecule has 0 saturated carbocycles. The summed E-state index contributed by atoms with van der Waals surface area (Å²) in [5.74, 6) is -0.0782. The Morgan fingerprint density at radius 3 is 2.74 bits per heavy atom. The van der Waals surface area contributed by atoms with Crippen LogP contribution in [0.25, 0.3) is 10.8 Å². The number of benzene rings is 2. The van der Waals surface area contributed by atoms with E-state index in [0.29, 0.717) is 6.54 Å². The Bertz CT molecular complexity index is 641. The number of nitriles is 1. The first kappa shape index (κ1) is 13.1. The molecule has 0 saturated heterocycles. The molecule has 1 N–H and O–H groups in total. The van der Waals surface area contributed by atoms with Crippen LogP contribution in [0, 0.1) is 18.3 Å². The molecule has 0 aliphatic heterocycles. The van der Waals surface area contributed by atoms with E-state index in [1.807, 2.05) is 12.1 Å². The topological polar surface area (TPSA) is 52.9 Å². The van der Waals surface area contributed by atoms with E-state index >= 15 is 0 Å². The first-order valence-electron chi connectivity index (χ1n) is 6.32. The second kappa shape index (κ2) is 6.01. The number of amides is 1. The third kappa shape index (κ3) is 3.56. The van der Waals surface area contributed by atoms with E-state index in [1.54, 1.807) is 0 Å². The van der Waals surface area contributed by atoms with Gasteiger partial charge in [0.1, 0.15) is 0 Å². The molecule has 1 amide bonds. The van der Waals surface area contributed by atoms with Crippen molar-refractivity contribution in [1.29, 1.82) is 5.26 Å². The lowest BCUT2D eigenvalue weighted by Crippen LogP contribution is -2.22. The molecule has 2 aromatic rings. The van der Waals surface area contributed by atoms with Gasteiger partial charge in [-0.2, -0.15) is 5.26 Å². The summed E-state index contributed by atoms with van der Waals surface area (Å²) in [4.78, 5) is 11.4. The number of hydrogen-bond donors (Lipinski definition) is 1. The van der Waals surface area contributed by atoms with E-state index in [1.165, 1.54) is 16.3 Å². The lowest BCUT2D eigenvalue weighted by atomic mass is 10.0. The molecule has 0 heterocycles. The van der Waals surface area contributed by atoms with Crippen LogP contribution in [-0.2, 0) is 11.3 Å². The molecule has 0 unspecified atom stereocenters. The zero-order chi connectivity index (χ0) is 13.7. The second-order valence-electron chi connectivity index (χ2n) is 4.62. The molecule has 3 nitrogen and oxygen atoms in total. The van der Waals surface area contributed by atoms with Gasteiger partial charge >= 0.3 is 0 Å². The standard InChI is InChI=1S/C16H16N2O/c1-12-4-6-15-10-13(5-7-14(15)9-12)11-18-16(19)3-2-8-17/h4-7,9-10H,2-3,11H2,1H3,(H,18,19). The number of carbonyl (C=O) groups is 1. The van der Waals surface area contributed by atoms with E-state index in [2.05, 4.69) is 42.6 Å². The molecule has 0 bridgehead atoms. The molecule has 2 aromatic carbocycles. The summed E-state index contributed by atoms with van der Waals surface area (Å²) >= 11 is 0. The number of rotatable bonds is 4. The SMILES string of the molecule is Cc1ccc2cc(CNC(=O)CCC#N)ccc2c1. The highest BCUT2D eigenvalue weighted by Crippen LogP contribution is 2.17. The number of nitrogens with zero attached hydrogens (tertiary/aromatic N) is 1. The molecule has 0 aromatic heterocycles. The average Bonchev–Trinajstić information content (AvgIpc) is 2.42. The van der Waals surface area contributed by atoms with Crippen molar-refractivity contribution in [3.05, 3.63) is 47.5 Å². The van der Waals surface area contributed by atoms with E-state index in [0.717, 1.165) is 5.56 Å². The largest absolute Gasteiger partial charge is 0.352 e. The maximum atomic E-state index is 11.4. The van der Waals surface area contributed by atoms with Crippen molar-refractivity contribution in [3.8, 4) is 6.07 Å². The van der Waals surface area contributed by atoms with Gasteiger partial charge in [-0.15, -0.1) is 0 Å². The number of hydrogen-bond acceptors (Lipinski definition) is 2. The minimum Gasteiger partial charge on any atom is -0.352 e. The normalized spacial score (nSPS) is 10.1. The Kier molecular flexibility index (Phi) is 4.15. The molecule has 0 fully saturated rings. The van der Waals surface area contributed by atoms with Crippen molar-refractivity contribution < 1.29 is 4.79 Å². The van der Waals surface area contributed by atoms with Crippen LogP contribution < -0.4 is 5.32 Å². The van der Waals surface area contributed by atoms with Gasteiger partial charge in [-0.1, -0.05) is 35.9 Å². The molecule has 0 atom stereocenters. The fraction of sp³-hybridized carbons (Fsp3) is 0.250. The Morgan fingerprint density at radius 1 is 1.21 bits per heavy atom. The number of aryl methyl sites for hydroxylation is 1. The Hall–Kier alpha value is -2.34. The monoisotopic (exact) mass is 252 g/mol. The van der Waals surface area contributed by atoms with E-state index < -0.39 is 0 Å². The molecule has 0 radical (unpaired) electrons. The summed E-state index contributed by atoms with van der Waals surface area (Å²) in [6.45, 7) is 2.58. The van der Waals surface area contributed by atoms with Crippen LogP contribution in [0.4, 0.5) is 0 Å². The first-order chi connectivity index (χ1) is 9.19. The lowest BCUT2D eigenvalue weighted by molar-refractivity contribution is -0.121. The molecule has 3 heteroatoms. The van der Waals surface area contributed by atoms with Crippen molar-refractivity contribution in [3.63, 3.8) is 0 Å². The zero-order valence-corrected chi connectivity index (χ0v) is 10.9. The van der Waals surface area contributed by atoms with Gasteiger partial charge in [-0.25, -0.2) is 0 Å². The minimum absolute atomic E-state index is 0.0782. The lowest BCUT2D eigenvalue weighted by Gasteiger charge is -2.06. The van der Waals surface area contributed by atoms with Gasteiger partial charge in [0.2, 0.25) is 5.91 Å². The van der Waals surface area contributed by atoms with Crippen LogP contribution in [-0.4, -0.2) is 5.91 Å². The van der Waals surface area contributed by atoms with Crippen molar-refractivity contribution in [1.82, 2.24) is 5.32 Å². The summed E-state index contributed by atoms with van der Waals surface area (Å²) in [5, 5.41) is 13.6. The fourth-order valence-electron chi connectivity index (χ4n) is 1.98. The van der Waals surface area contributed by atoms with Crippen molar-refractivity contribution in [2.24, 2.45) is 0 Å². The number of nitrogens with one attached hydrogen (secondary N) is 1. The minimum atomic E-state index is -0.0782. The predicted molar refractivity (Wildman–Crippen MR) is 75.4 cm³/mol. The zero-order valence-electron chi connectivity index (χ0n) is 10.9. The van der Waals surface area contributed by atoms with Gasteiger partial charge in [0, 0.05) is 19.4 Å². The van der Waals surface area contributed by atoms with Crippen LogP contribution in [0.15, 0.2) is 36.4 Å². The molecule has 0 spiro atoms. The maximum Gasteiger partial charge on any atom is 0.221 e. The Balaban J connectivity index is 2.04. The van der Waals surface area contributed by atoms with Crippen molar-refractivity contribution >= 4 is 16.7 Å². The predicted octanol–water partition coefficient (Wildman–Crippen LogP) is 3.07. The summed E-state index contributed by atoms with van der Waals surface area (Å²) < 4.78 is 0. The first-order valence-corrected chi connectivity index (χ1v) is 6.32. The van der Waals surface area contributed by atoms with Crippen LogP contribution in [0.3, 0.4) is 0 Å². The Morgan fingerprint density at radius 2 is 1.95 bits per heavy atom. The smallest absolute Gasteiger partial charge is 0.221 e. The Labute approximate surface area is 112 Å². The number of carbonyl (C=O) groups excluding carboxylic acids is 1. The molecule has 96 valence electrons. The molecule has 0 aliphatic rings. The van der Waals surface area contributed by atoms with E-state index in [-0.39, 0.29) is 18.7 Å². The summed E-state index contributed by atoms with van der Waals surface area (Å²) in [6.07, 6.45) is 0.534. The van der Waals surface area contributed by atoms with Crippen molar-refractivity contribution in [2.45, 2.75) is 26.3 Å². The molecule has 19 heavy (non-hydrogen) atoms. The molecular weight excluding hydrogens is 236 g/mol. The maximum absolute atomic E-state index is 11.4. The highest BCUT2D eigenvalue weighted by Gasteiger charge is 2.01. The van der Waals surface area contributed by atoms with Gasteiger partial charge in [-0.05, 0) is 29.3 Å². The van der Waals surface area contributed by atoms with Crippen LogP contribution >= 0.6 is 0 Å². The van der Waals surface area contributed by atoms with Crippen LogP contribution in [0.1, 0.15) is 24.0 Å². The van der Waals surface area contributed by atoms with Gasteiger partial charge in [0.05, 0.1) is 6.07 Å². The molecule has 2 rings (SSSR count). The third-order valence-corrected chi connectivity index (χ3v) is 3.01. The number of fused-ring (bicyclic) bond motifs is 1. The summed E-state index contributed by atoms with van der Waals surface area (Å²) in [6, 6.07) is 14.5. The quantitative estimate of drug-likeness (QED) is 0.909. The molecule has 0 aliphatic carbocycles. The van der Waals surface area contributed by atoms with E-state index in [9.17, 15) is 4.79 Å². The van der Waals surface area contributed by atoms with Crippen LogP contribution in [0.2, 0.25) is 0 Å². The summed E-state index contributed by atoms with van der Waals surface area (Å²) in [5.41, 5.74) is 2.31. The van der Waals surface area contributed by atoms with E-state index in [4.69, 9.17) is 5.26 Å². The van der Waals surface area contributed by atoms with Gasteiger partial charge in [-0.3, -0.25) is 4.79 Å². The van der Waals surface area contributed by atoms with Crippen LogP contribution in [0.5, 0.6) is 0 Å². The van der Waals surface area contributed by atoms with Gasteiger partial charge < -0.3 is 5.32 Å². The molecular formula is C16H16N2O. The highest BCUT2D eigenvalue weighted by molar-refractivity contribution is 5.84. The van der Waals surface area contributed by atoms with Crippen molar-refractivity contribution in [2.75, 3.05) is 0 Å². The fourth-order valence-corrected chi connectivity index (χ4v) is 1.98. The average molecular weight is 252 g/mol.